The number of halogens is 3. The van der Waals surface area contributed by atoms with E-state index in [4.69, 9.17) is 24.4 Å². The van der Waals surface area contributed by atoms with E-state index in [1.165, 1.54) is 16.7 Å². The van der Waals surface area contributed by atoms with Crippen molar-refractivity contribution in [3.63, 3.8) is 0 Å². The average Bonchev–Trinajstić information content (AvgIpc) is 4.03. The number of anilines is 3. The second-order valence-corrected chi connectivity index (χ2v) is 19.4. The normalized spacial score (nSPS) is 19.3. The number of benzene rings is 2. The third-order valence-electron chi connectivity index (χ3n) is 14.5. The van der Waals surface area contributed by atoms with E-state index in [1.807, 2.05) is 18.2 Å². The fourth-order valence-corrected chi connectivity index (χ4v) is 10.4. The molecule has 0 radical (unpaired) electrons. The van der Waals surface area contributed by atoms with Gasteiger partial charge < -0.3 is 44.4 Å². The molecular weight excluding hydrogens is 984 g/mol. The SMILES string of the molecule is CC[C@@H]1C(=O)N(C)c2cnc(Cc3ccc(C(=O)CC4CCN(CCOCCN(CC(=O)Nc5cccc6c5CN(C5CCC(=O)NC5=O)C6=O)C(C)=O)CC4)cc3OC)nc2N1C1CCCC1.O=C(O)C(F)(F)F. The van der Waals surface area contributed by atoms with Gasteiger partial charge in [0.2, 0.25) is 29.5 Å². The Labute approximate surface area is 432 Å². The molecule has 2 aromatic carbocycles. The van der Waals surface area contributed by atoms with Gasteiger partial charge >= 0.3 is 12.1 Å². The van der Waals surface area contributed by atoms with Gasteiger partial charge in [0.05, 0.1) is 33.1 Å². The number of ether oxygens (including phenoxy) is 2. The molecule has 2 saturated heterocycles. The van der Waals surface area contributed by atoms with Crippen LogP contribution >= 0.6 is 0 Å². The molecule has 1 saturated carbocycles. The molecule has 75 heavy (non-hydrogen) atoms. The number of carbonyl (C=O) groups excluding carboxylic acids is 7. The number of likely N-dealkylation sites (N-methyl/N-ethyl adjacent to an activating group) is 1. The van der Waals surface area contributed by atoms with E-state index in [9.17, 15) is 46.7 Å². The van der Waals surface area contributed by atoms with Gasteiger partial charge in [-0.1, -0.05) is 38.0 Å². The number of nitrogens with zero attached hydrogens (tertiary/aromatic N) is 7. The number of carboxylic acid groups (broad SMARTS) is 1. The standard InChI is InChI=1S/C50H63N9O9.C2HF3O2/c1-5-39-50(66)55(3)41-28-51-44(53-47(41)59(39)35-9-6-7-10-35)27-34-14-13-33(26-43(34)67-4)42(61)25-32-17-19-56(20-18-32)21-23-68-24-22-57(31(2)60)30-46(63)52-38-12-8-11-36-37(38)29-58(49(36)65)40-15-16-45(62)54-48(40)64;3-2(4,5)1(6)7/h8,11-14,26,28,32,35,39-40H,5-7,9-10,15-25,27,29-30H2,1-4H3,(H,52,63)(H,54,62,64);(H,6,7)/t39-,40?;/m1./s1. The minimum Gasteiger partial charge on any atom is -0.496 e. The van der Waals surface area contributed by atoms with E-state index in [1.54, 1.807) is 43.5 Å². The number of methoxy groups -OCH3 is 1. The summed E-state index contributed by atoms with van der Waals surface area (Å²) in [5.74, 6) is -2.21. The van der Waals surface area contributed by atoms with Crippen LogP contribution in [0.25, 0.3) is 0 Å². The first-order valence-electron chi connectivity index (χ1n) is 25.3. The molecule has 404 valence electrons. The van der Waals surface area contributed by atoms with Crippen molar-refractivity contribution in [1.29, 1.82) is 0 Å². The van der Waals surface area contributed by atoms with Crippen LogP contribution in [0.1, 0.15) is 116 Å². The first-order chi connectivity index (χ1) is 35.8. The van der Waals surface area contributed by atoms with Crippen LogP contribution < -0.4 is 25.2 Å². The molecule has 6 amide bonds. The number of imide groups is 1. The van der Waals surface area contributed by atoms with Gasteiger partial charge in [0, 0.05) is 86.9 Å². The largest absolute Gasteiger partial charge is 0.496 e. The molecule has 3 N–H and O–H groups in total. The van der Waals surface area contributed by atoms with E-state index < -0.39 is 30.0 Å². The molecule has 5 aliphatic rings. The molecule has 1 aromatic heterocycles. The first kappa shape index (κ1) is 55.7. The van der Waals surface area contributed by atoms with Crippen LogP contribution in [0.3, 0.4) is 0 Å². The fourth-order valence-electron chi connectivity index (χ4n) is 10.4. The zero-order valence-electron chi connectivity index (χ0n) is 42.6. The molecule has 3 fully saturated rings. The van der Waals surface area contributed by atoms with E-state index in [2.05, 4.69) is 32.3 Å². The molecule has 0 spiro atoms. The number of nitrogens with one attached hydrogen (secondary N) is 2. The zero-order valence-corrected chi connectivity index (χ0v) is 42.6. The minimum atomic E-state index is -5.08. The van der Waals surface area contributed by atoms with Crippen LogP contribution in [0, 0.1) is 5.92 Å². The van der Waals surface area contributed by atoms with Gasteiger partial charge in [-0.15, -0.1) is 0 Å². The lowest BCUT2D eigenvalue weighted by molar-refractivity contribution is -0.192. The predicted octanol–water partition coefficient (Wildman–Crippen LogP) is 4.76. The van der Waals surface area contributed by atoms with Crippen molar-refractivity contribution in [2.24, 2.45) is 5.92 Å². The summed E-state index contributed by atoms with van der Waals surface area (Å²) in [6.45, 7) is 6.65. The summed E-state index contributed by atoms with van der Waals surface area (Å²) in [6, 6.07) is 9.86. The van der Waals surface area contributed by atoms with Crippen molar-refractivity contribution >= 4 is 64.4 Å². The summed E-state index contributed by atoms with van der Waals surface area (Å²) in [4.78, 5) is 118. The number of piperidine rings is 2. The number of Topliss-reactive ketones (excluding diaryl/α,β-unsaturated/α-hetero) is 1. The summed E-state index contributed by atoms with van der Waals surface area (Å²) >= 11 is 0. The number of rotatable bonds is 18. The number of fused-ring (bicyclic) bond motifs is 2. The van der Waals surface area contributed by atoms with Gasteiger partial charge in [-0.3, -0.25) is 38.9 Å². The van der Waals surface area contributed by atoms with Crippen molar-refractivity contribution in [1.82, 2.24) is 30.0 Å². The number of ketones is 1. The van der Waals surface area contributed by atoms with E-state index in [0.29, 0.717) is 66.4 Å². The van der Waals surface area contributed by atoms with Crippen LogP contribution in [-0.2, 0) is 46.5 Å². The van der Waals surface area contributed by atoms with Gasteiger partial charge in [-0.2, -0.15) is 13.2 Å². The number of carbonyl (C=O) groups is 8. The second-order valence-electron chi connectivity index (χ2n) is 19.4. The number of aromatic nitrogens is 2. The van der Waals surface area contributed by atoms with E-state index >= 15 is 0 Å². The minimum absolute atomic E-state index is 0.0788. The Morgan fingerprint density at radius 3 is 2.36 bits per heavy atom. The highest BCUT2D eigenvalue weighted by Gasteiger charge is 2.43. The topological polar surface area (TPSA) is 241 Å². The molecule has 20 nitrogen and oxygen atoms in total. The third-order valence-corrected chi connectivity index (χ3v) is 14.5. The summed E-state index contributed by atoms with van der Waals surface area (Å²) in [7, 11) is 3.41. The molecule has 3 aromatic rings. The van der Waals surface area contributed by atoms with Crippen LogP contribution in [0.5, 0.6) is 5.75 Å². The molecule has 1 aliphatic carbocycles. The molecule has 4 aliphatic heterocycles. The molecule has 1 unspecified atom stereocenters. The highest BCUT2D eigenvalue weighted by molar-refractivity contribution is 6.07. The second kappa shape index (κ2) is 24.6. The van der Waals surface area contributed by atoms with E-state index in [-0.39, 0.29) is 86.5 Å². The molecule has 8 rings (SSSR count). The fraction of sp³-hybridized carbons (Fsp3) is 0.538. The number of aliphatic carboxylic acids is 1. The molecule has 0 bridgehead atoms. The van der Waals surface area contributed by atoms with Crippen molar-refractivity contribution in [2.45, 2.75) is 115 Å². The van der Waals surface area contributed by atoms with Gasteiger partial charge in [0.1, 0.15) is 29.3 Å². The zero-order chi connectivity index (χ0) is 54.1. The van der Waals surface area contributed by atoms with Crippen molar-refractivity contribution in [2.75, 3.05) is 75.2 Å². The molecule has 5 heterocycles. The molecule has 23 heteroatoms. The lowest BCUT2D eigenvalue weighted by Crippen LogP contribution is -2.55. The van der Waals surface area contributed by atoms with Gasteiger partial charge in [0.15, 0.2) is 11.6 Å². The maximum atomic E-state index is 13.6. The van der Waals surface area contributed by atoms with Gasteiger partial charge in [-0.25, -0.2) is 14.8 Å². The van der Waals surface area contributed by atoms with Crippen LogP contribution in [0.4, 0.5) is 30.4 Å². The summed E-state index contributed by atoms with van der Waals surface area (Å²) < 4.78 is 43.4. The first-order valence-corrected chi connectivity index (χ1v) is 25.3. The highest BCUT2D eigenvalue weighted by atomic mass is 19.4. The average molecular weight is 1050 g/mol. The van der Waals surface area contributed by atoms with Gasteiger partial charge in [0.25, 0.3) is 5.91 Å². The number of alkyl halides is 3. The Hall–Kier alpha value is -7.01. The lowest BCUT2D eigenvalue weighted by atomic mass is 9.89. The number of likely N-dealkylation sites (tertiary alicyclic amines) is 1. The Morgan fingerprint density at radius 1 is 0.987 bits per heavy atom. The smallest absolute Gasteiger partial charge is 0.490 e. The predicted molar refractivity (Wildman–Crippen MR) is 266 cm³/mol. The Morgan fingerprint density at radius 2 is 1.71 bits per heavy atom. The summed E-state index contributed by atoms with van der Waals surface area (Å²) in [5, 5.41) is 12.3. The third kappa shape index (κ3) is 13.5. The lowest BCUT2D eigenvalue weighted by Gasteiger charge is -2.43. The highest BCUT2D eigenvalue weighted by Crippen LogP contribution is 2.40. The number of hydrogen-bond acceptors (Lipinski definition) is 14. The van der Waals surface area contributed by atoms with Crippen LogP contribution in [0.2, 0.25) is 0 Å². The molecule has 2 atom stereocenters. The van der Waals surface area contributed by atoms with Crippen molar-refractivity contribution < 1.29 is 66.1 Å². The van der Waals surface area contributed by atoms with Crippen molar-refractivity contribution in [3.05, 3.63) is 70.7 Å². The summed E-state index contributed by atoms with van der Waals surface area (Å²) in [6.07, 6.45) is 4.78. The number of hydrogen-bond donors (Lipinski definition) is 3. The monoisotopic (exact) mass is 1050 g/mol. The molecular formula is C52H64F3N9O11. The van der Waals surface area contributed by atoms with E-state index in [0.717, 1.165) is 68.7 Å². The van der Waals surface area contributed by atoms with Crippen LogP contribution in [0.15, 0.2) is 42.6 Å². The van der Waals surface area contributed by atoms with Crippen LogP contribution in [-0.4, -0.2) is 161 Å². The number of amides is 6. The Balaban J connectivity index is 0.00000109. The Kier molecular flexibility index (Phi) is 18.2. The summed E-state index contributed by atoms with van der Waals surface area (Å²) in [5.41, 5.74) is 3.61. The maximum absolute atomic E-state index is 13.6. The van der Waals surface area contributed by atoms with Crippen molar-refractivity contribution in [3.8, 4) is 5.75 Å². The maximum Gasteiger partial charge on any atom is 0.490 e. The van der Waals surface area contributed by atoms with Gasteiger partial charge in [-0.05, 0) is 75.7 Å². The quantitative estimate of drug-likeness (QED) is 0.0884. The number of carboxylic acids is 1. The Bertz CT molecular complexity index is 2660.